The molecule has 0 saturated heterocycles. The van der Waals surface area contributed by atoms with Gasteiger partial charge in [0.15, 0.2) is 0 Å². The first-order chi connectivity index (χ1) is 8.09. The van der Waals surface area contributed by atoms with Crippen LogP contribution in [0.1, 0.15) is 19.4 Å². The number of pyridine rings is 1. The highest BCUT2D eigenvalue weighted by atomic mass is 79.9. The fourth-order valence-electron chi connectivity index (χ4n) is 1.51. The minimum absolute atomic E-state index is 0.439. The molecule has 0 aliphatic rings. The Kier molecular flexibility index (Phi) is 4.74. The van der Waals surface area contributed by atoms with Gasteiger partial charge in [0, 0.05) is 18.3 Å². The van der Waals surface area contributed by atoms with Crippen molar-refractivity contribution in [1.29, 1.82) is 0 Å². The predicted molar refractivity (Wildman–Crippen MR) is 77.2 cm³/mol. The van der Waals surface area contributed by atoms with Crippen LogP contribution in [-0.4, -0.2) is 31.7 Å². The van der Waals surface area contributed by atoms with Crippen molar-refractivity contribution in [3.63, 3.8) is 0 Å². The maximum Gasteiger partial charge on any atom is 0.209 e. The third-order valence-electron chi connectivity index (χ3n) is 2.14. The van der Waals surface area contributed by atoms with Crippen LogP contribution in [0.2, 0.25) is 0 Å². The van der Waals surface area contributed by atoms with E-state index in [2.05, 4.69) is 31.0 Å². The lowest BCUT2D eigenvalue weighted by atomic mass is 10.1. The van der Waals surface area contributed by atoms with Gasteiger partial charge in [-0.3, -0.25) is 0 Å². The van der Waals surface area contributed by atoms with Crippen molar-refractivity contribution >= 4 is 31.8 Å². The van der Waals surface area contributed by atoms with Crippen LogP contribution in [0.25, 0.3) is 0 Å². The second kappa shape index (κ2) is 5.54. The summed E-state index contributed by atoms with van der Waals surface area (Å²) in [6.45, 7) is 6.01. The molecule has 0 aromatic carbocycles. The summed E-state index contributed by atoms with van der Waals surface area (Å²) in [4.78, 5) is 4.24. The maximum absolute atomic E-state index is 11.2. The maximum atomic E-state index is 11.2. The molecule has 0 atom stereocenters. The first-order valence-electron chi connectivity index (χ1n) is 5.44. The van der Waals surface area contributed by atoms with Gasteiger partial charge in [0.25, 0.3) is 0 Å². The van der Waals surface area contributed by atoms with Crippen molar-refractivity contribution in [3.8, 4) is 0 Å². The molecular weight excluding hydrogens is 318 g/mol. The molecule has 0 amide bonds. The zero-order chi connectivity index (χ0) is 14.0. The van der Waals surface area contributed by atoms with E-state index < -0.39 is 15.6 Å². The molecule has 0 radical (unpaired) electrons. The third-order valence-corrected chi connectivity index (χ3v) is 3.67. The summed E-state index contributed by atoms with van der Waals surface area (Å²) < 4.78 is 25.8. The largest absolute Gasteiger partial charge is 0.367 e. The second-order valence-electron chi connectivity index (χ2n) is 4.95. The van der Waals surface area contributed by atoms with Crippen molar-refractivity contribution in [2.24, 2.45) is 0 Å². The van der Waals surface area contributed by atoms with E-state index in [-0.39, 0.29) is 0 Å². The van der Waals surface area contributed by atoms with E-state index in [4.69, 9.17) is 0 Å². The number of hydrogen-bond acceptors (Lipinski definition) is 4. The van der Waals surface area contributed by atoms with Crippen molar-refractivity contribution in [1.82, 2.24) is 9.71 Å². The Morgan fingerprint density at radius 1 is 1.44 bits per heavy atom. The summed E-state index contributed by atoms with van der Waals surface area (Å²) in [7, 11) is -3.23. The van der Waals surface area contributed by atoms with Crippen molar-refractivity contribution in [2.45, 2.75) is 26.3 Å². The Balaban J connectivity index is 2.70. The summed E-state index contributed by atoms with van der Waals surface area (Å²) in [5.74, 6) is 0.698. The third kappa shape index (κ3) is 5.32. The zero-order valence-electron chi connectivity index (χ0n) is 10.9. The first kappa shape index (κ1) is 15.4. The number of aromatic nitrogens is 1. The summed E-state index contributed by atoms with van der Waals surface area (Å²) in [5, 5.41) is 3.12. The fraction of sp³-hybridized carbons (Fsp3) is 0.545. The molecule has 5 nitrogen and oxygen atoms in total. The Labute approximate surface area is 117 Å². The fourth-order valence-corrected chi connectivity index (χ4v) is 3.19. The van der Waals surface area contributed by atoms with Crippen LogP contribution in [0.3, 0.4) is 0 Å². The Hall–Kier alpha value is -0.660. The van der Waals surface area contributed by atoms with Gasteiger partial charge in [-0.15, -0.1) is 0 Å². The Morgan fingerprint density at radius 2 is 2.06 bits per heavy atom. The van der Waals surface area contributed by atoms with E-state index in [0.717, 1.165) is 16.3 Å². The number of halogens is 1. The molecule has 18 heavy (non-hydrogen) atoms. The number of sulfonamides is 1. The molecule has 0 aliphatic heterocycles. The zero-order valence-corrected chi connectivity index (χ0v) is 13.3. The molecule has 0 aliphatic carbocycles. The Bertz CT molecular complexity index is 529. The number of rotatable bonds is 5. The van der Waals surface area contributed by atoms with Gasteiger partial charge in [-0.1, -0.05) is 0 Å². The average molecular weight is 336 g/mol. The van der Waals surface area contributed by atoms with E-state index in [9.17, 15) is 8.42 Å². The van der Waals surface area contributed by atoms with Crippen molar-refractivity contribution in [3.05, 3.63) is 22.3 Å². The average Bonchev–Trinajstić information content (AvgIpc) is 2.12. The number of hydrogen-bond donors (Lipinski definition) is 2. The lowest BCUT2D eigenvalue weighted by Gasteiger charge is -2.25. The molecule has 1 aromatic heterocycles. The summed E-state index contributed by atoms with van der Waals surface area (Å²) in [6, 6.07) is 1.95. The summed E-state index contributed by atoms with van der Waals surface area (Å²) >= 11 is 3.41. The predicted octanol–water partition coefficient (Wildman–Crippen LogP) is 1.89. The summed E-state index contributed by atoms with van der Waals surface area (Å²) in [5.41, 5.74) is 0.473. The molecule has 1 heterocycles. The lowest BCUT2D eigenvalue weighted by Crippen LogP contribution is -2.47. The first-order valence-corrected chi connectivity index (χ1v) is 8.12. The number of aryl methyl sites for hydroxylation is 1. The van der Waals surface area contributed by atoms with Crippen molar-refractivity contribution < 1.29 is 8.42 Å². The molecule has 2 N–H and O–H groups in total. The van der Waals surface area contributed by atoms with Gasteiger partial charge in [0.05, 0.1) is 10.7 Å². The highest BCUT2D eigenvalue weighted by Gasteiger charge is 2.22. The van der Waals surface area contributed by atoms with Gasteiger partial charge in [-0.05, 0) is 48.3 Å². The van der Waals surface area contributed by atoms with Crippen LogP contribution >= 0.6 is 15.9 Å². The molecular formula is C11H18BrN3O2S. The number of anilines is 1. The van der Waals surface area contributed by atoms with Gasteiger partial charge >= 0.3 is 0 Å². The van der Waals surface area contributed by atoms with E-state index in [1.807, 2.05) is 26.8 Å². The molecule has 1 rings (SSSR count). The Morgan fingerprint density at radius 3 is 2.56 bits per heavy atom. The van der Waals surface area contributed by atoms with Gasteiger partial charge in [0.2, 0.25) is 10.0 Å². The minimum Gasteiger partial charge on any atom is -0.367 e. The lowest BCUT2D eigenvalue weighted by molar-refractivity contribution is 0.476. The van der Waals surface area contributed by atoms with Gasteiger partial charge < -0.3 is 5.32 Å². The topological polar surface area (TPSA) is 71.1 Å². The quantitative estimate of drug-likeness (QED) is 0.861. The second-order valence-corrected chi connectivity index (χ2v) is 7.56. The van der Waals surface area contributed by atoms with Gasteiger partial charge in [-0.2, -0.15) is 0 Å². The minimum atomic E-state index is -3.23. The van der Waals surface area contributed by atoms with Crippen molar-refractivity contribution in [2.75, 3.05) is 18.1 Å². The highest BCUT2D eigenvalue weighted by Crippen LogP contribution is 2.21. The van der Waals surface area contributed by atoms with E-state index >= 15 is 0 Å². The summed E-state index contributed by atoms with van der Waals surface area (Å²) in [6.07, 6.45) is 2.90. The van der Waals surface area contributed by atoms with Crippen LogP contribution in [0.15, 0.2) is 16.7 Å². The van der Waals surface area contributed by atoms with E-state index in [1.165, 1.54) is 0 Å². The van der Waals surface area contributed by atoms with E-state index in [1.54, 1.807) is 6.20 Å². The van der Waals surface area contributed by atoms with E-state index in [0.29, 0.717) is 12.4 Å². The van der Waals surface area contributed by atoms with Gasteiger partial charge in [-0.25, -0.2) is 18.1 Å². The molecule has 7 heteroatoms. The SMILES string of the molecule is Cc1cnc(NCC(C)(C)NS(C)(=O)=O)c(Br)c1. The highest BCUT2D eigenvalue weighted by molar-refractivity contribution is 9.10. The van der Waals surface area contributed by atoms with Crippen LogP contribution in [0, 0.1) is 6.92 Å². The molecule has 0 saturated carbocycles. The molecule has 102 valence electrons. The molecule has 0 unspecified atom stereocenters. The monoisotopic (exact) mass is 335 g/mol. The smallest absolute Gasteiger partial charge is 0.209 e. The molecule has 0 bridgehead atoms. The normalized spacial score (nSPS) is 12.5. The van der Waals surface area contributed by atoms with Crippen LogP contribution in [-0.2, 0) is 10.0 Å². The molecule has 1 aromatic rings. The molecule has 0 fully saturated rings. The van der Waals surface area contributed by atoms with Crippen LogP contribution < -0.4 is 10.0 Å². The number of nitrogens with zero attached hydrogens (tertiary/aromatic N) is 1. The number of nitrogens with one attached hydrogen (secondary N) is 2. The van der Waals surface area contributed by atoms with Crippen LogP contribution in [0.5, 0.6) is 0 Å². The van der Waals surface area contributed by atoms with Gasteiger partial charge in [0.1, 0.15) is 5.82 Å². The van der Waals surface area contributed by atoms with Crippen LogP contribution in [0.4, 0.5) is 5.82 Å². The molecule has 0 spiro atoms. The standard InChI is InChI=1S/C11H18BrN3O2S/c1-8-5-9(12)10(13-6-8)14-7-11(2,3)15-18(4,16)17/h5-6,15H,7H2,1-4H3,(H,13,14).